The summed E-state index contributed by atoms with van der Waals surface area (Å²) in [6, 6.07) is 8.96. The first-order valence-electron chi connectivity index (χ1n) is 6.44. The van der Waals surface area contributed by atoms with Gasteiger partial charge in [-0.05, 0) is 37.3 Å². The predicted octanol–water partition coefficient (Wildman–Crippen LogP) is 3.90. The van der Waals surface area contributed by atoms with Crippen LogP contribution in [0.5, 0.6) is 0 Å². The highest BCUT2D eigenvalue weighted by molar-refractivity contribution is 5.88. The molecule has 0 saturated carbocycles. The van der Waals surface area contributed by atoms with Crippen molar-refractivity contribution in [1.29, 1.82) is 0 Å². The molecule has 3 aromatic rings. The average molecular weight is 298 g/mol. The van der Waals surface area contributed by atoms with Crippen LogP contribution in [0.2, 0.25) is 0 Å². The Morgan fingerprint density at radius 2 is 2.09 bits per heavy atom. The average Bonchev–Trinajstić information content (AvgIpc) is 2.80. The third-order valence-electron chi connectivity index (χ3n) is 3.08. The molecule has 0 aliphatic carbocycles. The summed E-state index contributed by atoms with van der Waals surface area (Å²) in [5.41, 5.74) is 1.68. The van der Waals surface area contributed by atoms with Gasteiger partial charge in [-0.25, -0.2) is 14.2 Å². The molecule has 110 valence electrons. The van der Waals surface area contributed by atoms with Crippen LogP contribution in [0, 0.1) is 12.7 Å². The van der Waals surface area contributed by atoms with Crippen LogP contribution in [0.3, 0.4) is 0 Å². The van der Waals surface area contributed by atoms with Crippen molar-refractivity contribution in [2.75, 3.05) is 0 Å². The smallest absolute Gasteiger partial charge is 0.335 e. The van der Waals surface area contributed by atoms with E-state index in [-0.39, 0.29) is 5.56 Å². The highest BCUT2D eigenvalue weighted by Crippen LogP contribution is 2.24. The maximum absolute atomic E-state index is 13.3. The van der Waals surface area contributed by atoms with Crippen molar-refractivity contribution in [1.82, 2.24) is 9.38 Å². The van der Waals surface area contributed by atoms with E-state index in [1.165, 1.54) is 28.8 Å². The Labute approximate surface area is 124 Å². The summed E-state index contributed by atoms with van der Waals surface area (Å²) in [4.78, 5) is 15.2. The molecular weight excluding hydrogens is 287 g/mol. The summed E-state index contributed by atoms with van der Waals surface area (Å²) in [5.74, 6) is -1.05. The number of carboxylic acids is 1. The fourth-order valence-electron chi connectivity index (χ4n) is 2.05. The molecule has 3 rings (SSSR count). The van der Waals surface area contributed by atoms with Crippen molar-refractivity contribution in [2.45, 2.75) is 6.92 Å². The first kappa shape index (κ1) is 13.9. The van der Waals surface area contributed by atoms with Crippen LogP contribution in [-0.4, -0.2) is 20.5 Å². The number of carbonyl (C=O) groups is 1. The number of halogens is 1. The molecule has 0 unspecified atom stereocenters. The van der Waals surface area contributed by atoms with Crippen molar-refractivity contribution in [3.05, 3.63) is 59.7 Å². The zero-order valence-electron chi connectivity index (χ0n) is 11.6. The minimum Gasteiger partial charge on any atom is -0.478 e. The van der Waals surface area contributed by atoms with E-state index in [9.17, 15) is 9.18 Å². The van der Waals surface area contributed by atoms with Gasteiger partial charge in [0.2, 0.25) is 0 Å². The van der Waals surface area contributed by atoms with Gasteiger partial charge in [0, 0.05) is 6.20 Å². The quantitative estimate of drug-likeness (QED) is 0.745. The molecule has 0 aliphatic rings. The molecule has 2 aromatic heterocycles. The number of azo groups is 1. The number of pyridine rings is 1. The summed E-state index contributed by atoms with van der Waals surface area (Å²) in [7, 11) is 0. The lowest BCUT2D eigenvalue weighted by molar-refractivity contribution is 0.0697. The molecule has 0 spiro atoms. The Morgan fingerprint density at radius 3 is 2.86 bits per heavy atom. The third-order valence-corrected chi connectivity index (χ3v) is 3.08. The molecule has 0 saturated heterocycles. The number of aromatic nitrogens is 2. The summed E-state index contributed by atoms with van der Waals surface area (Å²) in [5, 5.41) is 17.0. The Morgan fingerprint density at radius 1 is 1.27 bits per heavy atom. The lowest BCUT2D eigenvalue weighted by atomic mass is 10.2. The van der Waals surface area contributed by atoms with E-state index in [1.807, 2.05) is 0 Å². The number of carboxylic acid groups (broad SMARTS) is 1. The van der Waals surface area contributed by atoms with Gasteiger partial charge in [-0.3, -0.25) is 4.40 Å². The van der Waals surface area contributed by atoms with Gasteiger partial charge in [0.1, 0.15) is 11.5 Å². The van der Waals surface area contributed by atoms with Crippen molar-refractivity contribution >= 4 is 23.1 Å². The molecule has 0 fully saturated rings. The van der Waals surface area contributed by atoms with Crippen molar-refractivity contribution in [2.24, 2.45) is 10.2 Å². The number of imidazole rings is 1. The summed E-state index contributed by atoms with van der Waals surface area (Å²) >= 11 is 0. The first-order chi connectivity index (χ1) is 10.5. The number of hydrogen-bond acceptors (Lipinski definition) is 4. The highest BCUT2D eigenvalue weighted by atomic mass is 19.1. The number of rotatable bonds is 3. The maximum atomic E-state index is 13.3. The lowest BCUT2D eigenvalue weighted by Crippen LogP contribution is -1.94. The van der Waals surface area contributed by atoms with Gasteiger partial charge in [0.05, 0.1) is 16.9 Å². The number of aromatic carboxylic acids is 1. The summed E-state index contributed by atoms with van der Waals surface area (Å²) in [6.07, 6.45) is 1.28. The number of fused-ring (bicyclic) bond motifs is 1. The standard InChI is InChI=1S/C15H11FN4O2/c1-9-14(20-8-11(16)5-6-13(20)17-9)19-18-12-4-2-3-10(7-12)15(21)22/h2-8H,1H3,(H,21,22). The van der Waals surface area contributed by atoms with Gasteiger partial charge in [-0.2, -0.15) is 0 Å². The number of hydrogen-bond donors (Lipinski definition) is 1. The van der Waals surface area contributed by atoms with E-state index in [0.29, 0.717) is 22.8 Å². The van der Waals surface area contributed by atoms with Crippen molar-refractivity contribution in [3.63, 3.8) is 0 Å². The zero-order valence-corrected chi connectivity index (χ0v) is 11.6. The monoisotopic (exact) mass is 298 g/mol. The van der Waals surface area contributed by atoms with E-state index in [4.69, 9.17) is 5.11 Å². The largest absolute Gasteiger partial charge is 0.478 e. The van der Waals surface area contributed by atoms with Gasteiger partial charge >= 0.3 is 5.97 Å². The first-order valence-corrected chi connectivity index (χ1v) is 6.44. The van der Waals surface area contributed by atoms with E-state index >= 15 is 0 Å². The number of aryl methyl sites for hydroxylation is 1. The van der Waals surface area contributed by atoms with Crippen LogP contribution in [-0.2, 0) is 0 Å². The SMILES string of the molecule is Cc1nc2ccc(F)cn2c1N=Nc1cccc(C(=O)O)c1. The molecule has 0 bridgehead atoms. The van der Waals surface area contributed by atoms with Crippen LogP contribution in [0.25, 0.3) is 5.65 Å². The predicted molar refractivity (Wildman–Crippen MR) is 77.5 cm³/mol. The Kier molecular flexibility index (Phi) is 3.38. The molecule has 22 heavy (non-hydrogen) atoms. The minimum atomic E-state index is -1.04. The second-order valence-corrected chi connectivity index (χ2v) is 4.65. The summed E-state index contributed by atoms with van der Waals surface area (Å²) < 4.78 is 14.8. The number of nitrogens with zero attached hydrogens (tertiary/aromatic N) is 4. The van der Waals surface area contributed by atoms with E-state index in [0.717, 1.165) is 0 Å². The molecule has 0 amide bonds. The van der Waals surface area contributed by atoms with E-state index < -0.39 is 11.8 Å². The molecule has 1 aromatic carbocycles. The topological polar surface area (TPSA) is 79.3 Å². The third kappa shape index (κ3) is 2.56. The Hall–Kier alpha value is -3.09. The van der Waals surface area contributed by atoms with Crippen LogP contribution < -0.4 is 0 Å². The highest BCUT2D eigenvalue weighted by Gasteiger charge is 2.09. The van der Waals surface area contributed by atoms with E-state index in [1.54, 1.807) is 25.1 Å². The minimum absolute atomic E-state index is 0.123. The normalized spacial score (nSPS) is 11.4. The lowest BCUT2D eigenvalue weighted by Gasteiger charge is -1.98. The maximum Gasteiger partial charge on any atom is 0.335 e. The van der Waals surface area contributed by atoms with Crippen LogP contribution in [0.15, 0.2) is 52.8 Å². The van der Waals surface area contributed by atoms with Gasteiger partial charge in [0.15, 0.2) is 5.82 Å². The van der Waals surface area contributed by atoms with Gasteiger partial charge < -0.3 is 5.11 Å². The summed E-state index contributed by atoms with van der Waals surface area (Å²) in [6.45, 7) is 1.74. The molecular formula is C15H11FN4O2. The molecule has 2 heterocycles. The van der Waals surface area contributed by atoms with E-state index in [2.05, 4.69) is 15.2 Å². The van der Waals surface area contributed by atoms with Crippen LogP contribution >= 0.6 is 0 Å². The fraction of sp³-hybridized carbons (Fsp3) is 0.0667. The van der Waals surface area contributed by atoms with Gasteiger partial charge in [0.25, 0.3) is 0 Å². The van der Waals surface area contributed by atoms with Crippen molar-refractivity contribution in [3.8, 4) is 0 Å². The van der Waals surface area contributed by atoms with Crippen LogP contribution in [0.1, 0.15) is 16.1 Å². The Balaban J connectivity index is 2.02. The van der Waals surface area contributed by atoms with Gasteiger partial charge in [-0.1, -0.05) is 6.07 Å². The zero-order chi connectivity index (χ0) is 15.7. The van der Waals surface area contributed by atoms with Crippen molar-refractivity contribution < 1.29 is 14.3 Å². The molecule has 0 radical (unpaired) electrons. The number of benzene rings is 1. The molecule has 1 N–H and O–H groups in total. The molecule has 7 heteroatoms. The Bertz CT molecular complexity index is 902. The molecule has 0 aliphatic heterocycles. The second-order valence-electron chi connectivity index (χ2n) is 4.65. The second kappa shape index (κ2) is 5.36. The van der Waals surface area contributed by atoms with Gasteiger partial charge in [-0.15, -0.1) is 10.2 Å². The molecule has 0 atom stereocenters. The fourth-order valence-corrected chi connectivity index (χ4v) is 2.05. The van der Waals surface area contributed by atoms with Crippen LogP contribution in [0.4, 0.5) is 15.9 Å². The molecule has 6 nitrogen and oxygen atoms in total.